The Labute approximate surface area is 169 Å². The molecule has 3 rings (SSSR count). The van der Waals surface area contributed by atoms with Gasteiger partial charge in [0.25, 0.3) is 0 Å². The zero-order chi connectivity index (χ0) is 23.2. The lowest BCUT2D eigenvalue weighted by molar-refractivity contribution is 0.383. The van der Waals surface area contributed by atoms with Gasteiger partial charge in [0, 0.05) is 0 Å². The highest BCUT2D eigenvalue weighted by Crippen LogP contribution is 2.40. The Kier molecular flexibility index (Phi) is 6.32. The Balaban J connectivity index is 2.56. The second-order valence-corrected chi connectivity index (χ2v) is 8.20. The molecular weight excluding hydrogens is 461 g/mol. The maximum atomic E-state index is 14.6. The van der Waals surface area contributed by atoms with Crippen molar-refractivity contribution in [3.8, 4) is 0 Å². The minimum absolute atomic E-state index is 0.0554. The summed E-state index contributed by atoms with van der Waals surface area (Å²) in [5, 5.41) is -3.71. The molecule has 0 aliphatic carbocycles. The predicted molar refractivity (Wildman–Crippen MR) is 94.1 cm³/mol. The maximum Gasteiger partial charge on any atom is 0.200 e. The van der Waals surface area contributed by atoms with E-state index in [4.69, 9.17) is 0 Å². The van der Waals surface area contributed by atoms with Crippen molar-refractivity contribution >= 4 is 23.8 Å². The van der Waals surface area contributed by atoms with Crippen LogP contribution in [-0.4, -0.2) is 0 Å². The van der Waals surface area contributed by atoms with Gasteiger partial charge in [-0.2, -0.15) is 0 Å². The first kappa shape index (κ1) is 23.1. The summed E-state index contributed by atoms with van der Waals surface area (Å²) in [4.78, 5) is 0. The first-order valence-corrected chi connectivity index (χ1v) is 9.79. The first-order valence-electron chi connectivity index (χ1n) is 8.45. The van der Waals surface area contributed by atoms with Gasteiger partial charge in [-0.25, -0.2) is 43.9 Å². The highest BCUT2D eigenvalue weighted by Gasteiger charge is 2.38. The summed E-state index contributed by atoms with van der Waals surface area (Å²) >= 11 is 0. The Morgan fingerprint density at radius 2 is 0.839 bits per heavy atom. The van der Waals surface area contributed by atoms with Crippen LogP contribution in [0.4, 0.5) is 43.9 Å². The van der Waals surface area contributed by atoms with Crippen LogP contribution in [0.3, 0.4) is 0 Å². The maximum absolute atomic E-state index is 14.6. The van der Waals surface area contributed by atoms with E-state index in [-0.39, 0.29) is 17.3 Å². The van der Waals surface area contributed by atoms with Gasteiger partial charge in [-0.3, -0.25) is 0 Å². The molecule has 3 aromatic rings. The molecule has 0 amide bonds. The molecule has 0 unspecified atom stereocenters. The highest BCUT2D eigenvalue weighted by molar-refractivity contribution is 7.80. The second-order valence-electron chi connectivity index (χ2n) is 6.15. The average Bonchev–Trinajstić information content (AvgIpc) is 2.77. The van der Waals surface area contributed by atoms with E-state index in [9.17, 15) is 43.9 Å². The minimum Gasteiger partial charge on any atom is -0.203 e. The molecule has 0 N–H and O–H groups in total. The second kappa shape index (κ2) is 8.49. The van der Waals surface area contributed by atoms with Crippen LogP contribution in [-0.2, 0) is 6.42 Å². The van der Waals surface area contributed by atoms with E-state index in [1.807, 2.05) is 0 Å². The van der Waals surface area contributed by atoms with E-state index >= 15 is 0 Å². The van der Waals surface area contributed by atoms with E-state index in [1.165, 1.54) is 25.1 Å². The minimum atomic E-state index is -3.44. The van der Waals surface area contributed by atoms with Crippen molar-refractivity contribution in [1.82, 2.24) is 0 Å². The molecule has 0 nitrogen and oxygen atoms in total. The summed E-state index contributed by atoms with van der Waals surface area (Å²) in [7, 11) is -3.44. The Bertz CT molecular complexity index is 1060. The van der Waals surface area contributed by atoms with E-state index in [0.717, 1.165) is 6.07 Å². The number of rotatable bonds is 4. The third kappa shape index (κ3) is 3.56. The van der Waals surface area contributed by atoms with E-state index in [1.54, 1.807) is 0 Å². The Morgan fingerprint density at radius 3 is 1.19 bits per heavy atom. The van der Waals surface area contributed by atoms with Crippen molar-refractivity contribution in [2.75, 3.05) is 0 Å². The molecule has 0 saturated heterocycles. The molecule has 11 heteroatoms. The van der Waals surface area contributed by atoms with Gasteiger partial charge in [-0.05, 0) is 25.2 Å². The van der Waals surface area contributed by atoms with Crippen molar-refractivity contribution in [2.45, 2.75) is 13.3 Å². The molecule has 0 heterocycles. The van der Waals surface area contributed by atoms with Crippen molar-refractivity contribution < 1.29 is 43.9 Å². The van der Waals surface area contributed by atoms with E-state index < -0.39 is 76.7 Å². The zero-order valence-corrected chi connectivity index (χ0v) is 16.1. The Morgan fingerprint density at radius 1 is 0.516 bits per heavy atom. The fourth-order valence-electron chi connectivity index (χ4n) is 2.96. The summed E-state index contributed by atoms with van der Waals surface area (Å²) in [5.41, 5.74) is 0.140. The van der Waals surface area contributed by atoms with Gasteiger partial charge in [0.2, 0.25) is 11.6 Å². The molecule has 0 saturated carbocycles. The van der Waals surface area contributed by atoms with Crippen LogP contribution in [0.5, 0.6) is 0 Å². The summed E-state index contributed by atoms with van der Waals surface area (Å²) in [6, 6.07) is 5.01. The topological polar surface area (TPSA) is 0 Å². The third-order valence-electron chi connectivity index (χ3n) is 4.43. The number of hydrogen-bond acceptors (Lipinski definition) is 0. The fraction of sp³-hybridized carbons (Fsp3) is 0.100. The number of aryl methyl sites for hydroxylation is 1. The fourth-order valence-corrected chi connectivity index (χ4v) is 5.60. The van der Waals surface area contributed by atoms with Crippen LogP contribution < -0.4 is 15.9 Å². The molecule has 0 spiro atoms. The van der Waals surface area contributed by atoms with Gasteiger partial charge in [-0.15, -0.1) is 0 Å². The summed E-state index contributed by atoms with van der Waals surface area (Å²) in [6.07, 6.45) is 0.0554. The van der Waals surface area contributed by atoms with Gasteiger partial charge < -0.3 is 0 Å². The average molecular weight is 470 g/mol. The van der Waals surface area contributed by atoms with Gasteiger partial charge >= 0.3 is 0 Å². The Hall–Kier alpha value is -2.61. The lowest BCUT2D eigenvalue weighted by Crippen LogP contribution is -2.34. The summed E-state index contributed by atoms with van der Waals surface area (Å²) in [5.74, 6) is -24.5. The van der Waals surface area contributed by atoms with Crippen LogP contribution in [0.15, 0.2) is 24.3 Å². The molecule has 0 radical (unpaired) electrons. The molecule has 0 aromatic heterocycles. The molecule has 0 bridgehead atoms. The summed E-state index contributed by atoms with van der Waals surface area (Å²) < 4.78 is 141. The first-order chi connectivity index (χ1) is 14.5. The largest absolute Gasteiger partial charge is 0.203 e. The molecule has 0 atom stereocenters. The van der Waals surface area contributed by atoms with E-state index in [0.29, 0.717) is 0 Å². The van der Waals surface area contributed by atoms with Crippen molar-refractivity contribution in [3.05, 3.63) is 88.0 Å². The van der Waals surface area contributed by atoms with Crippen LogP contribution in [0.25, 0.3) is 0 Å². The zero-order valence-electron chi connectivity index (χ0n) is 15.2. The molecular formula is C20H9F10P. The lowest BCUT2D eigenvalue weighted by Gasteiger charge is -2.24. The van der Waals surface area contributed by atoms with Crippen molar-refractivity contribution in [3.63, 3.8) is 0 Å². The quantitative estimate of drug-likeness (QED) is 0.208. The number of halogens is 10. The van der Waals surface area contributed by atoms with Crippen LogP contribution in [0, 0.1) is 58.2 Å². The summed E-state index contributed by atoms with van der Waals surface area (Å²) in [6.45, 7) is 1.50. The van der Waals surface area contributed by atoms with Crippen molar-refractivity contribution in [2.24, 2.45) is 0 Å². The smallest absolute Gasteiger partial charge is 0.200 e. The normalized spacial score (nSPS) is 11.5. The van der Waals surface area contributed by atoms with Crippen LogP contribution in [0.1, 0.15) is 12.5 Å². The van der Waals surface area contributed by atoms with Gasteiger partial charge in [0.1, 0.15) is 0 Å². The molecule has 164 valence electrons. The molecule has 31 heavy (non-hydrogen) atoms. The van der Waals surface area contributed by atoms with Crippen LogP contribution >= 0.6 is 7.92 Å². The van der Waals surface area contributed by atoms with Crippen LogP contribution in [0.2, 0.25) is 0 Å². The van der Waals surface area contributed by atoms with Crippen molar-refractivity contribution in [1.29, 1.82) is 0 Å². The number of benzene rings is 3. The number of hydrogen-bond donors (Lipinski definition) is 0. The lowest BCUT2D eigenvalue weighted by atomic mass is 10.2. The molecule has 3 aromatic carbocycles. The van der Waals surface area contributed by atoms with Gasteiger partial charge in [0.05, 0.1) is 10.6 Å². The molecule has 0 aliphatic rings. The van der Waals surface area contributed by atoms with E-state index in [2.05, 4.69) is 0 Å². The molecule has 0 aliphatic heterocycles. The monoisotopic (exact) mass is 470 g/mol. The highest BCUT2D eigenvalue weighted by atomic mass is 31.1. The standard InChI is InChI=1S/C20H9F10P/c1-2-7-5-3-4-6-8(7)31(19-15(27)11(23)9(21)12(24)16(19)28)20-17(29)13(25)10(22)14(26)18(20)30/h3-6H,2H2,1H3. The van der Waals surface area contributed by atoms with Gasteiger partial charge in [0.15, 0.2) is 46.5 Å². The third-order valence-corrected chi connectivity index (χ3v) is 7.03. The SMILES string of the molecule is CCc1ccccc1P(c1c(F)c(F)c(F)c(F)c1F)c1c(F)c(F)c(F)c(F)c1F. The van der Waals surface area contributed by atoms with Gasteiger partial charge in [-0.1, -0.05) is 31.2 Å². The predicted octanol–water partition coefficient (Wildman–Crippen LogP) is 5.40. The molecule has 0 fully saturated rings.